The van der Waals surface area contributed by atoms with E-state index in [2.05, 4.69) is 74.7 Å². The molecule has 0 saturated heterocycles. The summed E-state index contributed by atoms with van der Waals surface area (Å²) in [6.07, 6.45) is 19.0. The van der Waals surface area contributed by atoms with Crippen molar-refractivity contribution in [2.24, 2.45) is 44.8 Å². The van der Waals surface area contributed by atoms with Gasteiger partial charge in [-0.25, -0.2) is 4.98 Å². The highest BCUT2D eigenvalue weighted by atomic mass is 16.3. The number of unbranched alkanes of at least 4 members (excludes halogenated alkanes) is 12. The second-order valence-corrected chi connectivity index (χ2v) is 23.8. The van der Waals surface area contributed by atoms with Gasteiger partial charge in [-0.2, -0.15) is 0 Å². The molecule has 27 heteroatoms. The van der Waals surface area contributed by atoms with Crippen molar-refractivity contribution in [3.05, 3.63) is 48.0 Å². The maximum absolute atomic E-state index is 14.4. The second-order valence-electron chi connectivity index (χ2n) is 23.8. The molecule has 2 rings (SSSR count). The number of phenolic OH excluding ortho intramolecular Hbond substituents is 1. The van der Waals surface area contributed by atoms with E-state index in [1.165, 1.54) is 103 Å². The zero-order valence-corrected chi connectivity index (χ0v) is 54.0. The fourth-order valence-corrected chi connectivity index (χ4v) is 9.77. The summed E-state index contributed by atoms with van der Waals surface area (Å²) in [6, 6.07) is -3.85. The number of aromatic amines is 1. The Labute approximate surface area is 526 Å². The van der Waals surface area contributed by atoms with Crippen molar-refractivity contribution in [1.82, 2.24) is 57.8 Å². The number of amides is 9. The van der Waals surface area contributed by atoms with Crippen molar-refractivity contribution in [3.63, 3.8) is 0 Å². The minimum atomic E-state index is -1.37. The molecule has 0 spiro atoms. The van der Waals surface area contributed by atoms with Gasteiger partial charge in [-0.15, -0.1) is 0 Å². The van der Waals surface area contributed by atoms with Crippen molar-refractivity contribution in [1.29, 1.82) is 0 Å². The quantitative estimate of drug-likeness (QED) is 0.0257. The normalized spacial score (nSPS) is 13.8. The van der Waals surface area contributed by atoms with Crippen LogP contribution in [-0.2, 0) is 56.0 Å². The monoisotopic (exact) mass is 1250 g/mol. The fourth-order valence-electron chi connectivity index (χ4n) is 9.77. The van der Waals surface area contributed by atoms with E-state index >= 15 is 0 Å². The Hall–Kier alpha value is -8.00. The third-order valence-electron chi connectivity index (χ3n) is 14.7. The molecule has 1 heterocycles. The highest BCUT2D eigenvalue weighted by Gasteiger charge is 2.34. The number of benzene rings is 1. The number of nitrogens with zero attached hydrogens (tertiary/aromatic N) is 3. The number of hydrogen-bond donors (Lipinski definition) is 15. The standard InChI is InChI=1S/C62H107N17O10/c1-9-10-11-12-13-14-15-16-17-18-19-20-21-26-52(81)74-48(33-39(2)3)58(87)72-42(7)54(83)77-50(35-43-27-29-45(80)30-28-43)59(88)73-41(6)53(82)75-46(24-22-31-69-61(63)64)56(85)76-47(25-23-32-70-62(65)66)57(86)78-49(34-40(4)5)60(89)79-51(55(84)67-8)36-44-37-68-38-71-44/h27-30,37-42,46-51,80H,9-26,31-36H2,1-8H3,(H,67,84)(H,68,71)(H,72,87)(H,73,88)(H,74,81)(H,75,82)(H,76,85)(H,77,83)(H,78,86)(H,79,89)(H4,63,64,69)(H4,65,66,70)/t41-,42-,46-,47-,48-,49-,50-,51-/m0/s1. The molecule has 89 heavy (non-hydrogen) atoms. The number of carbonyl (C=O) groups is 9. The first-order valence-corrected chi connectivity index (χ1v) is 31.8. The van der Waals surface area contributed by atoms with E-state index in [-0.39, 0.29) is 99.9 Å². The Balaban J connectivity index is 2.28. The summed E-state index contributed by atoms with van der Waals surface area (Å²) >= 11 is 0. The number of rotatable bonds is 46. The Morgan fingerprint density at radius 1 is 0.483 bits per heavy atom. The Kier molecular flexibility index (Phi) is 37.8. The highest BCUT2D eigenvalue weighted by Crippen LogP contribution is 2.16. The molecule has 0 bridgehead atoms. The van der Waals surface area contributed by atoms with Gasteiger partial charge in [-0.1, -0.05) is 124 Å². The van der Waals surface area contributed by atoms with Crippen LogP contribution in [0.1, 0.15) is 188 Å². The molecule has 19 N–H and O–H groups in total. The van der Waals surface area contributed by atoms with E-state index in [0.717, 1.165) is 19.3 Å². The van der Waals surface area contributed by atoms with E-state index in [0.29, 0.717) is 24.1 Å². The molecule has 2 aromatic rings. The lowest BCUT2D eigenvalue weighted by Gasteiger charge is -2.28. The first-order chi connectivity index (χ1) is 42.3. The Bertz CT molecular complexity index is 2520. The zero-order valence-electron chi connectivity index (χ0n) is 54.0. The summed E-state index contributed by atoms with van der Waals surface area (Å²) in [7, 11) is 1.42. The largest absolute Gasteiger partial charge is 0.508 e. The predicted molar refractivity (Wildman–Crippen MR) is 344 cm³/mol. The number of aliphatic imine (C=N–C) groups is 2. The third-order valence-corrected chi connectivity index (χ3v) is 14.7. The lowest BCUT2D eigenvalue weighted by Crippen LogP contribution is -2.60. The van der Waals surface area contributed by atoms with E-state index < -0.39 is 95.6 Å². The molecule has 9 amide bonds. The maximum Gasteiger partial charge on any atom is 0.243 e. The minimum Gasteiger partial charge on any atom is -0.508 e. The lowest BCUT2D eigenvalue weighted by atomic mass is 10.0. The summed E-state index contributed by atoms with van der Waals surface area (Å²) in [5.74, 6) is -6.59. The van der Waals surface area contributed by atoms with Gasteiger partial charge >= 0.3 is 0 Å². The van der Waals surface area contributed by atoms with E-state index in [9.17, 15) is 48.3 Å². The lowest BCUT2D eigenvalue weighted by molar-refractivity contribution is -0.136. The molecule has 0 radical (unpaired) electrons. The molecule has 1 aromatic carbocycles. The smallest absolute Gasteiger partial charge is 0.243 e. The number of phenols is 1. The number of likely N-dealkylation sites (N-methyl/N-ethyl adjacent to an activating group) is 1. The van der Waals surface area contributed by atoms with Gasteiger partial charge in [0.2, 0.25) is 53.2 Å². The average Bonchev–Trinajstić information content (AvgIpc) is 2.85. The van der Waals surface area contributed by atoms with Crippen molar-refractivity contribution in [2.45, 2.75) is 238 Å². The van der Waals surface area contributed by atoms with Crippen LogP contribution in [0, 0.1) is 11.8 Å². The molecule has 0 fully saturated rings. The number of aromatic nitrogens is 2. The number of carbonyl (C=O) groups excluding carboxylic acids is 9. The van der Waals surface area contributed by atoms with Crippen LogP contribution in [0.5, 0.6) is 5.75 Å². The maximum atomic E-state index is 14.4. The van der Waals surface area contributed by atoms with Gasteiger partial charge in [-0.3, -0.25) is 53.1 Å². The van der Waals surface area contributed by atoms with Crippen LogP contribution in [0.25, 0.3) is 0 Å². The molecule has 1 aromatic heterocycles. The number of aromatic hydroxyl groups is 1. The molecule has 500 valence electrons. The molecule has 0 unspecified atom stereocenters. The first-order valence-electron chi connectivity index (χ1n) is 31.8. The van der Waals surface area contributed by atoms with Crippen LogP contribution in [0.3, 0.4) is 0 Å². The number of guanidine groups is 2. The number of hydrogen-bond acceptors (Lipinski definition) is 13. The van der Waals surface area contributed by atoms with E-state index in [1.54, 1.807) is 12.1 Å². The van der Waals surface area contributed by atoms with Crippen LogP contribution < -0.4 is 70.8 Å². The van der Waals surface area contributed by atoms with Crippen LogP contribution in [0.4, 0.5) is 0 Å². The van der Waals surface area contributed by atoms with Crippen LogP contribution in [0.15, 0.2) is 46.8 Å². The van der Waals surface area contributed by atoms with Gasteiger partial charge in [0.25, 0.3) is 0 Å². The van der Waals surface area contributed by atoms with Crippen LogP contribution in [0.2, 0.25) is 0 Å². The van der Waals surface area contributed by atoms with Gasteiger partial charge in [0.15, 0.2) is 11.9 Å². The molecule has 0 aliphatic heterocycles. The number of imidazole rings is 1. The second kappa shape index (κ2) is 43.6. The summed E-state index contributed by atoms with van der Waals surface area (Å²) < 4.78 is 0. The first kappa shape index (κ1) is 77.1. The zero-order chi connectivity index (χ0) is 66.3. The van der Waals surface area contributed by atoms with Crippen molar-refractivity contribution in [3.8, 4) is 5.75 Å². The SMILES string of the molecule is CCCCCCCCCCCCCCCC(=O)N[C@@H](CC(C)C)C(=O)N[C@@H](C)C(=O)N[C@@H](Cc1ccc(O)cc1)C(=O)N[C@@H](C)C(=O)N[C@@H](CCCN=C(N)N)C(=O)N[C@@H](CCCN=C(N)N)C(=O)N[C@@H](CC(C)C)C(=O)N[C@@H](Cc1cnc[nH]1)C(=O)NC. The highest BCUT2D eigenvalue weighted by molar-refractivity contribution is 5.98. The van der Waals surface area contributed by atoms with Gasteiger partial charge in [0.1, 0.15) is 54.1 Å². The number of nitrogens with two attached hydrogens (primary N) is 4. The molecule has 0 aliphatic carbocycles. The molecular weight excluding hydrogens is 1140 g/mol. The topological polar surface area (TPSA) is 440 Å². The van der Waals surface area contributed by atoms with Gasteiger partial charge in [0.05, 0.1) is 6.33 Å². The summed E-state index contributed by atoms with van der Waals surface area (Å²) in [5.41, 5.74) is 23.3. The van der Waals surface area contributed by atoms with Crippen LogP contribution in [-0.4, -0.2) is 149 Å². The van der Waals surface area contributed by atoms with Crippen molar-refractivity contribution >= 4 is 65.1 Å². The minimum absolute atomic E-state index is 0.0145. The van der Waals surface area contributed by atoms with Crippen molar-refractivity contribution < 1.29 is 48.3 Å². The molecular formula is C62H107N17O10. The van der Waals surface area contributed by atoms with E-state index in [4.69, 9.17) is 22.9 Å². The number of H-pyrrole nitrogens is 1. The Morgan fingerprint density at radius 3 is 1.33 bits per heavy atom. The predicted octanol–water partition coefficient (Wildman–Crippen LogP) is 2.25. The van der Waals surface area contributed by atoms with Crippen molar-refractivity contribution in [2.75, 3.05) is 20.1 Å². The van der Waals surface area contributed by atoms with E-state index in [1.807, 2.05) is 27.7 Å². The van der Waals surface area contributed by atoms with Gasteiger partial charge in [0, 0.05) is 51.3 Å². The molecule has 27 nitrogen and oxygen atoms in total. The van der Waals surface area contributed by atoms with Crippen LogP contribution >= 0.6 is 0 Å². The third kappa shape index (κ3) is 33.8. The van der Waals surface area contributed by atoms with Gasteiger partial charge < -0.3 is 80.9 Å². The summed E-state index contributed by atoms with van der Waals surface area (Å²) in [6.45, 7) is 12.6. The Morgan fingerprint density at radius 2 is 0.876 bits per heavy atom. The summed E-state index contributed by atoms with van der Waals surface area (Å²) in [4.78, 5) is 140. The molecule has 0 saturated carbocycles. The average molecular weight is 1250 g/mol. The fraction of sp³-hybridized carbons (Fsp3) is 0.677. The van der Waals surface area contributed by atoms with Gasteiger partial charge in [-0.05, 0) is 88.3 Å². The molecule has 8 atom stereocenters. The summed E-state index contributed by atoms with van der Waals surface area (Å²) in [5, 5.41) is 34.2. The number of nitrogens with one attached hydrogen (secondary N) is 10. The molecule has 0 aliphatic rings.